The Balaban J connectivity index is 1.94. The molecule has 1 saturated carbocycles. The molecule has 3 nitrogen and oxygen atoms in total. The maximum atomic E-state index is 4.16. The summed E-state index contributed by atoms with van der Waals surface area (Å²) in [6.45, 7) is 2.34. The molecule has 0 radical (unpaired) electrons. The minimum absolute atomic E-state index is 0.647. The van der Waals surface area contributed by atoms with Crippen LogP contribution in [0.15, 0.2) is 12.3 Å². The van der Waals surface area contributed by atoms with Crippen molar-refractivity contribution in [2.75, 3.05) is 5.32 Å². The van der Waals surface area contributed by atoms with Gasteiger partial charge in [0.2, 0.25) is 0 Å². The highest BCUT2D eigenvalue weighted by molar-refractivity contribution is 5.34. The van der Waals surface area contributed by atoms with Gasteiger partial charge >= 0.3 is 0 Å². The standard InChI is InChI=1S/C11H19N3/c1-9-4-3-5-10(8-9)13-11-6-7-12-14(11)2/h6-7,9-10,13H,3-5,8H2,1-2H3. The normalized spacial score (nSPS) is 27.6. The second kappa shape index (κ2) is 4.03. The molecule has 1 N–H and O–H groups in total. The Labute approximate surface area is 85.5 Å². The van der Waals surface area contributed by atoms with E-state index in [2.05, 4.69) is 17.3 Å². The molecule has 14 heavy (non-hydrogen) atoms. The van der Waals surface area contributed by atoms with Crippen LogP contribution in [0.5, 0.6) is 0 Å². The summed E-state index contributed by atoms with van der Waals surface area (Å²) in [7, 11) is 1.98. The molecule has 1 aromatic rings. The summed E-state index contributed by atoms with van der Waals surface area (Å²) >= 11 is 0. The first-order chi connectivity index (χ1) is 6.75. The van der Waals surface area contributed by atoms with Gasteiger partial charge in [-0.05, 0) is 18.8 Å². The highest BCUT2D eigenvalue weighted by atomic mass is 15.3. The Kier molecular flexibility index (Phi) is 2.75. The van der Waals surface area contributed by atoms with Crippen LogP contribution in [0.4, 0.5) is 5.82 Å². The van der Waals surface area contributed by atoms with Gasteiger partial charge < -0.3 is 5.32 Å². The smallest absolute Gasteiger partial charge is 0.124 e. The molecule has 3 heteroatoms. The van der Waals surface area contributed by atoms with Crippen LogP contribution in [0.1, 0.15) is 32.6 Å². The molecule has 1 aliphatic rings. The summed E-state index contributed by atoms with van der Waals surface area (Å²) < 4.78 is 1.90. The molecule has 1 aliphatic carbocycles. The number of nitrogens with one attached hydrogen (secondary N) is 1. The zero-order valence-electron chi connectivity index (χ0n) is 9.03. The van der Waals surface area contributed by atoms with Crippen LogP contribution in [-0.4, -0.2) is 15.8 Å². The zero-order chi connectivity index (χ0) is 9.97. The zero-order valence-corrected chi connectivity index (χ0v) is 9.03. The number of aromatic nitrogens is 2. The van der Waals surface area contributed by atoms with Gasteiger partial charge in [-0.25, -0.2) is 0 Å². The fraction of sp³-hybridized carbons (Fsp3) is 0.727. The number of hydrogen-bond acceptors (Lipinski definition) is 2. The molecule has 1 heterocycles. The van der Waals surface area contributed by atoms with Crippen LogP contribution in [-0.2, 0) is 7.05 Å². The van der Waals surface area contributed by atoms with Crippen LogP contribution >= 0.6 is 0 Å². The number of aryl methyl sites for hydroxylation is 1. The van der Waals surface area contributed by atoms with E-state index in [0.29, 0.717) is 6.04 Å². The molecule has 0 amide bonds. The Hall–Kier alpha value is -0.990. The average Bonchev–Trinajstić information content (AvgIpc) is 2.52. The molecule has 0 aromatic carbocycles. The van der Waals surface area contributed by atoms with Gasteiger partial charge in [0.15, 0.2) is 0 Å². The van der Waals surface area contributed by atoms with Crippen LogP contribution in [0.25, 0.3) is 0 Å². The van der Waals surface area contributed by atoms with E-state index in [0.717, 1.165) is 11.7 Å². The van der Waals surface area contributed by atoms with Crippen molar-refractivity contribution < 1.29 is 0 Å². The lowest BCUT2D eigenvalue weighted by atomic mass is 9.87. The van der Waals surface area contributed by atoms with Gasteiger partial charge in [-0.15, -0.1) is 0 Å². The molecule has 1 fully saturated rings. The molecule has 78 valence electrons. The van der Waals surface area contributed by atoms with Crippen molar-refractivity contribution in [2.24, 2.45) is 13.0 Å². The second-order valence-corrected chi connectivity index (χ2v) is 4.45. The molecule has 2 atom stereocenters. The van der Waals surface area contributed by atoms with Gasteiger partial charge in [-0.2, -0.15) is 5.10 Å². The van der Waals surface area contributed by atoms with Crippen molar-refractivity contribution >= 4 is 5.82 Å². The first-order valence-electron chi connectivity index (χ1n) is 5.50. The van der Waals surface area contributed by atoms with E-state index in [1.165, 1.54) is 25.7 Å². The van der Waals surface area contributed by atoms with Crippen molar-refractivity contribution in [1.29, 1.82) is 0 Å². The number of rotatable bonds is 2. The molecule has 0 spiro atoms. The maximum absolute atomic E-state index is 4.16. The lowest BCUT2D eigenvalue weighted by Gasteiger charge is -2.28. The third kappa shape index (κ3) is 2.08. The first-order valence-corrected chi connectivity index (χ1v) is 5.50. The lowest BCUT2D eigenvalue weighted by molar-refractivity contribution is 0.357. The van der Waals surface area contributed by atoms with Gasteiger partial charge in [0.05, 0.1) is 6.20 Å². The molecular formula is C11H19N3. The summed E-state index contributed by atoms with van der Waals surface area (Å²) in [5.41, 5.74) is 0. The maximum Gasteiger partial charge on any atom is 0.124 e. The van der Waals surface area contributed by atoms with E-state index >= 15 is 0 Å². The molecule has 0 saturated heterocycles. The summed E-state index contributed by atoms with van der Waals surface area (Å²) in [5, 5.41) is 7.72. The van der Waals surface area contributed by atoms with Crippen molar-refractivity contribution in [1.82, 2.24) is 9.78 Å². The van der Waals surface area contributed by atoms with Crippen LogP contribution in [0.2, 0.25) is 0 Å². The molecular weight excluding hydrogens is 174 g/mol. The van der Waals surface area contributed by atoms with E-state index in [1.807, 2.05) is 24.0 Å². The Morgan fingerprint density at radius 3 is 3.00 bits per heavy atom. The quantitative estimate of drug-likeness (QED) is 0.781. The predicted octanol–water partition coefficient (Wildman–Crippen LogP) is 2.41. The summed E-state index contributed by atoms with van der Waals surface area (Å²) in [5.74, 6) is 2.01. The SMILES string of the molecule is CC1CCCC(Nc2ccnn2C)C1. The van der Waals surface area contributed by atoms with Crippen LogP contribution in [0.3, 0.4) is 0 Å². The Morgan fingerprint density at radius 2 is 2.36 bits per heavy atom. The molecule has 1 aromatic heterocycles. The van der Waals surface area contributed by atoms with E-state index in [-0.39, 0.29) is 0 Å². The van der Waals surface area contributed by atoms with Gasteiger partial charge in [0.1, 0.15) is 5.82 Å². The van der Waals surface area contributed by atoms with E-state index in [9.17, 15) is 0 Å². The largest absolute Gasteiger partial charge is 0.368 e. The predicted molar refractivity (Wildman–Crippen MR) is 58.3 cm³/mol. The number of anilines is 1. The number of hydrogen-bond donors (Lipinski definition) is 1. The fourth-order valence-corrected chi connectivity index (χ4v) is 2.29. The minimum Gasteiger partial charge on any atom is -0.368 e. The second-order valence-electron chi connectivity index (χ2n) is 4.45. The van der Waals surface area contributed by atoms with Gasteiger partial charge in [0, 0.05) is 19.2 Å². The van der Waals surface area contributed by atoms with Gasteiger partial charge in [0.25, 0.3) is 0 Å². The Bertz CT molecular complexity index is 292. The van der Waals surface area contributed by atoms with Crippen LogP contribution < -0.4 is 5.32 Å². The summed E-state index contributed by atoms with van der Waals surface area (Å²) in [6.07, 6.45) is 7.19. The van der Waals surface area contributed by atoms with Crippen molar-refractivity contribution in [3.63, 3.8) is 0 Å². The van der Waals surface area contributed by atoms with Gasteiger partial charge in [-0.3, -0.25) is 4.68 Å². The van der Waals surface area contributed by atoms with Crippen molar-refractivity contribution in [3.05, 3.63) is 12.3 Å². The van der Waals surface area contributed by atoms with E-state index in [4.69, 9.17) is 0 Å². The minimum atomic E-state index is 0.647. The highest BCUT2D eigenvalue weighted by Crippen LogP contribution is 2.25. The topological polar surface area (TPSA) is 29.9 Å². The van der Waals surface area contributed by atoms with E-state index < -0.39 is 0 Å². The third-order valence-corrected chi connectivity index (χ3v) is 3.11. The van der Waals surface area contributed by atoms with E-state index in [1.54, 1.807) is 0 Å². The summed E-state index contributed by atoms with van der Waals surface area (Å²) in [4.78, 5) is 0. The van der Waals surface area contributed by atoms with Crippen molar-refractivity contribution in [2.45, 2.75) is 38.6 Å². The lowest BCUT2D eigenvalue weighted by Crippen LogP contribution is -2.27. The summed E-state index contributed by atoms with van der Waals surface area (Å²) in [6, 6.07) is 2.69. The Morgan fingerprint density at radius 1 is 1.50 bits per heavy atom. The fourth-order valence-electron chi connectivity index (χ4n) is 2.29. The van der Waals surface area contributed by atoms with Gasteiger partial charge in [-0.1, -0.05) is 19.8 Å². The third-order valence-electron chi connectivity index (χ3n) is 3.11. The van der Waals surface area contributed by atoms with Crippen LogP contribution in [0, 0.1) is 5.92 Å². The molecule has 2 rings (SSSR count). The monoisotopic (exact) mass is 193 g/mol. The average molecular weight is 193 g/mol. The highest BCUT2D eigenvalue weighted by Gasteiger charge is 2.18. The first kappa shape index (κ1) is 9.56. The molecule has 0 bridgehead atoms. The molecule has 2 unspecified atom stereocenters. The van der Waals surface area contributed by atoms with Crippen molar-refractivity contribution in [3.8, 4) is 0 Å². The number of nitrogens with zero attached hydrogens (tertiary/aromatic N) is 2. The molecule has 0 aliphatic heterocycles.